The first-order valence-electron chi connectivity index (χ1n) is 4.07. The summed E-state index contributed by atoms with van der Waals surface area (Å²) in [6, 6.07) is 7.47. The van der Waals surface area contributed by atoms with Crippen molar-refractivity contribution in [1.82, 2.24) is 0 Å². The van der Waals surface area contributed by atoms with Crippen LogP contribution >= 0.6 is 12.6 Å². The van der Waals surface area contributed by atoms with E-state index >= 15 is 0 Å². The Hall–Kier alpha value is -1.40. The molecule has 14 heavy (non-hydrogen) atoms. The normalized spacial score (nSPS) is 8.71. The number of rotatable bonds is 1. The summed E-state index contributed by atoms with van der Waals surface area (Å²) in [5.41, 5.74) is 0.819. The number of carbonyl (C=O) groups excluding carboxylic acids is 1. The fourth-order valence-electron chi connectivity index (χ4n) is 0.863. The molecule has 0 N–H and O–H groups in total. The number of carbonyl (C=O) groups is 1. The van der Waals surface area contributed by atoms with Gasteiger partial charge in [-0.2, -0.15) is 0 Å². The van der Waals surface area contributed by atoms with Gasteiger partial charge in [-0.25, -0.2) is 0 Å². The average molecular weight is 206 g/mol. The van der Waals surface area contributed by atoms with Gasteiger partial charge >= 0.3 is 5.97 Å². The van der Waals surface area contributed by atoms with Gasteiger partial charge in [-0.15, -0.1) is 12.6 Å². The van der Waals surface area contributed by atoms with E-state index in [1.165, 1.54) is 7.11 Å². The predicted octanol–water partition coefficient (Wildman–Crippen LogP) is 1.89. The maximum atomic E-state index is 10.7. The molecule has 0 aliphatic carbocycles. The second-order valence-electron chi connectivity index (χ2n) is 2.57. The molecule has 3 heteroatoms. The van der Waals surface area contributed by atoms with Gasteiger partial charge < -0.3 is 4.74 Å². The van der Waals surface area contributed by atoms with Crippen molar-refractivity contribution in [2.24, 2.45) is 0 Å². The van der Waals surface area contributed by atoms with E-state index < -0.39 is 0 Å². The average Bonchev–Trinajstić information content (AvgIpc) is 2.20. The van der Waals surface area contributed by atoms with Gasteiger partial charge in [0, 0.05) is 10.5 Å². The number of methoxy groups -OCH3 is 1. The van der Waals surface area contributed by atoms with E-state index in [1.807, 2.05) is 24.3 Å². The second-order valence-corrected chi connectivity index (χ2v) is 3.05. The smallest absolute Gasteiger partial charge is 0.317 e. The minimum Gasteiger partial charge on any atom is -0.468 e. The zero-order valence-corrected chi connectivity index (χ0v) is 8.67. The van der Waals surface area contributed by atoms with Crippen molar-refractivity contribution in [2.75, 3.05) is 7.11 Å². The van der Waals surface area contributed by atoms with Gasteiger partial charge in [0.1, 0.15) is 6.42 Å². The lowest BCUT2D eigenvalue weighted by Gasteiger charge is -1.94. The van der Waals surface area contributed by atoms with Gasteiger partial charge in [0.2, 0.25) is 0 Å². The minimum absolute atomic E-state index is 0.110. The van der Waals surface area contributed by atoms with Crippen molar-refractivity contribution in [3.05, 3.63) is 29.8 Å². The van der Waals surface area contributed by atoms with Gasteiger partial charge in [0.15, 0.2) is 0 Å². The Morgan fingerprint density at radius 1 is 1.50 bits per heavy atom. The molecule has 0 amide bonds. The standard InChI is InChI=1S/C11H10O2S/c1-13-11(12)8-4-6-9-5-2-3-7-10(9)14/h2-3,5,7,14H,8H2,1H3. The summed E-state index contributed by atoms with van der Waals surface area (Å²) in [4.78, 5) is 11.6. The Kier molecular flexibility index (Phi) is 4.09. The molecule has 0 atom stereocenters. The first-order chi connectivity index (χ1) is 6.74. The molecule has 0 bridgehead atoms. The summed E-state index contributed by atoms with van der Waals surface area (Å²) in [5, 5.41) is 0. The fourth-order valence-corrected chi connectivity index (χ4v) is 1.08. The predicted molar refractivity (Wildman–Crippen MR) is 57.2 cm³/mol. The van der Waals surface area contributed by atoms with Crippen LogP contribution in [0.2, 0.25) is 0 Å². The van der Waals surface area contributed by atoms with Crippen LogP contribution < -0.4 is 0 Å². The van der Waals surface area contributed by atoms with Crippen molar-refractivity contribution in [2.45, 2.75) is 11.3 Å². The van der Waals surface area contributed by atoms with Crippen LogP contribution in [0.15, 0.2) is 29.2 Å². The van der Waals surface area contributed by atoms with Crippen LogP contribution in [0.3, 0.4) is 0 Å². The fraction of sp³-hybridized carbons (Fsp3) is 0.182. The Balaban J connectivity index is 2.68. The molecule has 72 valence electrons. The van der Waals surface area contributed by atoms with Crippen LogP contribution in [-0.4, -0.2) is 13.1 Å². The highest BCUT2D eigenvalue weighted by atomic mass is 32.1. The molecule has 1 rings (SSSR count). The maximum Gasteiger partial charge on any atom is 0.317 e. The highest BCUT2D eigenvalue weighted by Crippen LogP contribution is 2.10. The number of hydrogen-bond acceptors (Lipinski definition) is 3. The van der Waals surface area contributed by atoms with E-state index in [4.69, 9.17) is 0 Å². The lowest BCUT2D eigenvalue weighted by molar-refractivity contribution is -0.139. The molecule has 0 saturated heterocycles. The zero-order valence-electron chi connectivity index (χ0n) is 7.78. The van der Waals surface area contributed by atoms with E-state index in [9.17, 15) is 4.79 Å². The SMILES string of the molecule is COC(=O)CC#Cc1ccccc1S. The molecule has 2 nitrogen and oxygen atoms in total. The van der Waals surface area contributed by atoms with E-state index in [2.05, 4.69) is 29.2 Å². The third-order valence-electron chi connectivity index (χ3n) is 1.59. The van der Waals surface area contributed by atoms with E-state index in [-0.39, 0.29) is 12.4 Å². The largest absolute Gasteiger partial charge is 0.468 e. The lowest BCUT2D eigenvalue weighted by atomic mass is 10.2. The molecule has 0 heterocycles. The van der Waals surface area contributed by atoms with Crippen molar-refractivity contribution in [3.63, 3.8) is 0 Å². The summed E-state index contributed by atoms with van der Waals surface area (Å²) in [7, 11) is 1.34. The van der Waals surface area contributed by atoms with Gasteiger partial charge in [-0.05, 0) is 12.1 Å². The summed E-state index contributed by atoms with van der Waals surface area (Å²) in [5.74, 6) is 5.25. The van der Waals surface area contributed by atoms with E-state index in [0.29, 0.717) is 0 Å². The van der Waals surface area contributed by atoms with Crippen LogP contribution in [0.1, 0.15) is 12.0 Å². The van der Waals surface area contributed by atoms with Crippen molar-refractivity contribution < 1.29 is 9.53 Å². The van der Waals surface area contributed by atoms with Crippen LogP contribution in [0.4, 0.5) is 0 Å². The Labute approximate surface area is 88.7 Å². The van der Waals surface area contributed by atoms with Gasteiger partial charge in [0.25, 0.3) is 0 Å². The molecule has 0 saturated carbocycles. The highest BCUT2D eigenvalue weighted by Gasteiger charge is 1.95. The topological polar surface area (TPSA) is 26.3 Å². The Morgan fingerprint density at radius 3 is 2.86 bits per heavy atom. The molecule has 0 aliphatic heterocycles. The van der Waals surface area contributed by atoms with Crippen LogP contribution in [0.5, 0.6) is 0 Å². The summed E-state index contributed by atoms with van der Waals surface area (Å²) in [6.07, 6.45) is 0.110. The molecule has 0 fully saturated rings. The molecule has 0 aromatic heterocycles. The first-order valence-corrected chi connectivity index (χ1v) is 4.52. The molecule has 0 unspecified atom stereocenters. The number of hydrogen-bond donors (Lipinski definition) is 1. The van der Waals surface area contributed by atoms with Gasteiger partial charge in [0.05, 0.1) is 7.11 Å². The van der Waals surface area contributed by atoms with Crippen LogP contribution in [0, 0.1) is 11.8 Å². The monoisotopic (exact) mass is 206 g/mol. The number of benzene rings is 1. The van der Waals surface area contributed by atoms with Crippen molar-refractivity contribution >= 4 is 18.6 Å². The van der Waals surface area contributed by atoms with Crippen molar-refractivity contribution in [1.29, 1.82) is 0 Å². The zero-order chi connectivity index (χ0) is 10.4. The van der Waals surface area contributed by atoms with Gasteiger partial charge in [-0.3, -0.25) is 4.79 Å². The van der Waals surface area contributed by atoms with Crippen LogP contribution in [-0.2, 0) is 9.53 Å². The maximum absolute atomic E-state index is 10.7. The lowest BCUT2D eigenvalue weighted by Crippen LogP contribution is -1.97. The van der Waals surface area contributed by atoms with E-state index in [0.717, 1.165) is 10.5 Å². The second kappa shape index (κ2) is 5.36. The third-order valence-corrected chi connectivity index (χ3v) is 1.98. The summed E-state index contributed by atoms with van der Waals surface area (Å²) in [6.45, 7) is 0. The summed E-state index contributed by atoms with van der Waals surface area (Å²) < 4.78 is 4.46. The highest BCUT2D eigenvalue weighted by molar-refractivity contribution is 7.80. The Bertz CT molecular complexity index is 388. The Morgan fingerprint density at radius 2 is 2.21 bits per heavy atom. The molecule has 1 aromatic rings. The molecule has 0 spiro atoms. The number of thiol groups is 1. The van der Waals surface area contributed by atoms with Crippen LogP contribution in [0.25, 0.3) is 0 Å². The molecule has 0 radical (unpaired) electrons. The summed E-state index contributed by atoms with van der Waals surface area (Å²) >= 11 is 4.23. The number of esters is 1. The number of ether oxygens (including phenoxy) is 1. The molecule has 0 aliphatic rings. The molecular weight excluding hydrogens is 196 g/mol. The minimum atomic E-state index is -0.325. The first kappa shape index (κ1) is 10.7. The molecule has 1 aromatic carbocycles. The van der Waals surface area contributed by atoms with E-state index in [1.54, 1.807) is 0 Å². The van der Waals surface area contributed by atoms with Gasteiger partial charge in [-0.1, -0.05) is 24.0 Å². The van der Waals surface area contributed by atoms with Crippen molar-refractivity contribution in [3.8, 4) is 11.8 Å². The quantitative estimate of drug-likeness (QED) is 0.431. The molecular formula is C11H10O2S. The third kappa shape index (κ3) is 3.15.